The number of hydrogen-bond acceptors (Lipinski definition) is 3. The second kappa shape index (κ2) is 7.93. The molecule has 0 spiro atoms. The van der Waals surface area contributed by atoms with Crippen LogP contribution in [0.25, 0.3) is 0 Å². The van der Waals surface area contributed by atoms with E-state index in [1.807, 2.05) is 18.2 Å². The van der Waals surface area contributed by atoms with E-state index >= 15 is 0 Å². The molecule has 6 heteroatoms. The first-order valence-electron chi connectivity index (χ1n) is 6.96. The molecule has 0 saturated heterocycles. The molecule has 0 aliphatic heterocycles. The molecule has 1 amide bonds. The van der Waals surface area contributed by atoms with E-state index in [0.29, 0.717) is 5.56 Å². The maximum absolute atomic E-state index is 13.2. The number of aliphatic carboxylic acids is 1. The molecule has 120 valence electrons. The van der Waals surface area contributed by atoms with Crippen molar-refractivity contribution in [1.82, 2.24) is 4.90 Å². The first kappa shape index (κ1) is 16.5. The van der Waals surface area contributed by atoms with Gasteiger partial charge in [0.15, 0.2) is 0 Å². The lowest BCUT2D eigenvalue weighted by Crippen LogP contribution is -2.35. The first-order valence-corrected chi connectivity index (χ1v) is 6.96. The van der Waals surface area contributed by atoms with Gasteiger partial charge in [-0.1, -0.05) is 42.5 Å². The molecule has 0 aliphatic carbocycles. The van der Waals surface area contributed by atoms with Crippen LogP contribution in [0.1, 0.15) is 11.1 Å². The summed E-state index contributed by atoms with van der Waals surface area (Å²) in [6.07, 6.45) is -0.763. The van der Waals surface area contributed by atoms with Gasteiger partial charge in [-0.2, -0.15) is 0 Å². The molecular weight excluding hydrogens is 301 g/mol. The maximum Gasteiger partial charge on any atom is 0.410 e. The summed E-state index contributed by atoms with van der Waals surface area (Å²) in [6.45, 7) is -0.527. The van der Waals surface area contributed by atoms with E-state index in [0.717, 1.165) is 10.5 Å². The third kappa shape index (κ3) is 5.43. The monoisotopic (exact) mass is 317 g/mol. The van der Waals surface area contributed by atoms with Crippen molar-refractivity contribution < 1.29 is 23.8 Å². The van der Waals surface area contributed by atoms with Gasteiger partial charge < -0.3 is 9.84 Å². The molecule has 23 heavy (non-hydrogen) atoms. The van der Waals surface area contributed by atoms with Crippen molar-refractivity contribution in [2.75, 3.05) is 6.54 Å². The van der Waals surface area contributed by atoms with Crippen molar-refractivity contribution in [3.63, 3.8) is 0 Å². The Morgan fingerprint density at radius 3 is 2.39 bits per heavy atom. The number of hydrogen-bond donors (Lipinski definition) is 1. The van der Waals surface area contributed by atoms with E-state index in [-0.39, 0.29) is 13.2 Å². The fraction of sp³-hybridized carbons (Fsp3) is 0.176. The third-order valence-corrected chi connectivity index (χ3v) is 3.05. The lowest BCUT2D eigenvalue weighted by atomic mass is 10.2. The fourth-order valence-electron chi connectivity index (χ4n) is 2.01. The molecule has 0 radical (unpaired) electrons. The molecule has 2 aromatic carbocycles. The van der Waals surface area contributed by atoms with Crippen molar-refractivity contribution in [3.8, 4) is 0 Å². The zero-order valence-electron chi connectivity index (χ0n) is 12.3. The van der Waals surface area contributed by atoms with Gasteiger partial charge in [0, 0.05) is 6.54 Å². The van der Waals surface area contributed by atoms with E-state index < -0.39 is 24.4 Å². The highest BCUT2D eigenvalue weighted by atomic mass is 19.1. The number of rotatable bonds is 6. The van der Waals surface area contributed by atoms with Crippen LogP contribution in [0.15, 0.2) is 54.6 Å². The van der Waals surface area contributed by atoms with E-state index in [2.05, 4.69) is 0 Å². The lowest BCUT2D eigenvalue weighted by Gasteiger charge is -2.20. The number of carboxylic acid groups (broad SMARTS) is 1. The first-order chi connectivity index (χ1) is 11.0. The van der Waals surface area contributed by atoms with E-state index in [1.54, 1.807) is 18.2 Å². The molecule has 0 bridgehead atoms. The standard InChI is InChI=1S/C17H16FNO4/c18-15-8-4-7-14(9-15)10-19(11-16(20)21)17(22)23-12-13-5-2-1-3-6-13/h1-9H,10-12H2,(H,20,21). The summed E-state index contributed by atoms with van der Waals surface area (Å²) < 4.78 is 18.3. The Morgan fingerprint density at radius 1 is 1.04 bits per heavy atom. The lowest BCUT2D eigenvalue weighted by molar-refractivity contribution is -0.138. The van der Waals surface area contributed by atoms with Crippen LogP contribution < -0.4 is 0 Å². The number of halogens is 1. The minimum absolute atomic E-state index is 0.0406. The van der Waals surface area contributed by atoms with Crippen molar-refractivity contribution >= 4 is 12.1 Å². The minimum atomic E-state index is -1.17. The van der Waals surface area contributed by atoms with Crippen molar-refractivity contribution in [3.05, 3.63) is 71.5 Å². The van der Waals surface area contributed by atoms with Crippen LogP contribution in [-0.4, -0.2) is 28.6 Å². The average Bonchev–Trinajstić information content (AvgIpc) is 2.52. The molecule has 0 aliphatic rings. The smallest absolute Gasteiger partial charge is 0.410 e. The largest absolute Gasteiger partial charge is 0.480 e. The van der Waals surface area contributed by atoms with Gasteiger partial charge in [0.1, 0.15) is 19.0 Å². The normalized spacial score (nSPS) is 10.1. The molecule has 2 aromatic rings. The van der Waals surface area contributed by atoms with Gasteiger partial charge in [-0.15, -0.1) is 0 Å². The summed E-state index contributed by atoms with van der Waals surface area (Å²) in [6, 6.07) is 14.7. The number of carboxylic acids is 1. The molecule has 0 heterocycles. The Balaban J connectivity index is 2.01. The van der Waals surface area contributed by atoms with Gasteiger partial charge in [0.25, 0.3) is 0 Å². The highest BCUT2D eigenvalue weighted by molar-refractivity contribution is 5.76. The summed E-state index contributed by atoms with van der Waals surface area (Å²) >= 11 is 0. The number of carbonyl (C=O) groups is 2. The number of benzene rings is 2. The summed E-state index contributed by atoms with van der Waals surface area (Å²) in [7, 11) is 0. The Labute approximate surface area is 132 Å². The number of carbonyl (C=O) groups excluding carboxylic acids is 1. The van der Waals surface area contributed by atoms with E-state index in [1.165, 1.54) is 18.2 Å². The van der Waals surface area contributed by atoms with E-state index in [9.17, 15) is 14.0 Å². The molecule has 0 saturated carbocycles. The molecular formula is C17H16FNO4. The van der Waals surface area contributed by atoms with Gasteiger partial charge >= 0.3 is 12.1 Å². The van der Waals surface area contributed by atoms with Gasteiger partial charge in [-0.05, 0) is 23.3 Å². The Bertz CT molecular complexity index is 675. The summed E-state index contributed by atoms with van der Waals surface area (Å²) in [5, 5.41) is 8.93. The van der Waals surface area contributed by atoms with Gasteiger partial charge in [-0.25, -0.2) is 9.18 Å². The number of amides is 1. The number of nitrogens with zero attached hydrogens (tertiary/aromatic N) is 1. The highest BCUT2D eigenvalue weighted by Crippen LogP contribution is 2.10. The highest BCUT2D eigenvalue weighted by Gasteiger charge is 2.19. The molecule has 5 nitrogen and oxygen atoms in total. The Hall–Kier alpha value is -2.89. The molecule has 0 unspecified atom stereocenters. The molecule has 0 aromatic heterocycles. The van der Waals surface area contributed by atoms with Crippen molar-refractivity contribution in [1.29, 1.82) is 0 Å². The predicted octanol–water partition coefficient (Wildman–Crippen LogP) is 3.05. The topological polar surface area (TPSA) is 66.8 Å². The third-order valence-electron chi connectivity index (χ3n) is 3.05. The van der Waals surface area contributed by atoms with Crippen LogP contribution in [0.3, 0.4) is 0 Å². The molecule has 1 N–H and O–H groups in total. The van der Waals surface area contributed by atoms with Crippen LogP contribution in [0.5, 0.6) is 0 Å². The Morgan fingerprint density at radius 2 is 1.74 bits per heavy atom. The van der Waals surface area contributed by atoms with Crippen LogP contribution >= 0.6 is 0 Å². The quantitative estimate of drug-likeness (QED) is 0.889. The summed E-state index contributed by atoms with van der Waals surface area (Å²) in [5.41, 5.74) is 1.28. The Kier molecular flexibility index (Phi) is 5.68. The average molecular weight is 317 g/mol. The zero-order chi connectivity index (χ0) is 16.7. The van der Waals surface area contributed by atoms with Crippen LogP contribution in [-0.2, 0) is 22.7 Å². The second-order valence-electron chi connectivity index (χ2n) is 4.92. The molecule has 0 atom stereocenters. The van der Waals surface area contributed by atoms with Gasteiger partial charge in [0.2, 0.25) is 0 Å². The van der Waals surface area contributed by atoms with Crippen molar-refractivity contribution in [2.24, 2.45) is 0 Å². The fourth-order valence-corrected chi connectivity index (χ4v) is 2.01. The zero-order valence-corrected chi connectivity index (χ0v) is 12.3. The van der Waals surface area contributed by atoms with Crippen LogP contribution in [0, 0.1) is 5.82 Å². The van der Waals surface area contributed by atoms with Crippen molar-refractivity contribution in [2.45, 2.75) is 13.2 Å². The second-order valence-corrected chi connectivity index (χ2v) is 4.92. The number of ether oxygens (including phenoxy) is 1. The molecule has 2 rings (SSSR count). The van der Waals surface area contributed by atoms with E-state index in [4.69, 9.17) is 9.84 Å². The SMILES string of the molecule is O=C(O)CN(Cc1cccc(F)c1)C(=O)OCc1ccccc1. The molecule has 0 fully saturated rings. The summed E-state index contributed by atoms with van der Waals surface area (Å²) in [5.74, 6) is -1.62. The maximum atomic E-state index is 13.2. The van der Waals surface area contributed by atoms with Crippen LogP contribution in [0.2, 0.25) is 0 Å². The van der Waals surface area contributed by atoms with Crippen LogP contribution in [0.4, 0.5) is 9.18 Å². The predicted molar refractivity (Wildman–Crippen MR) is 81.1 cm³/mol. The van der Waals surface area contributed by atoms with Gasteiger partial charge in [-0.3, -0.25) is 9.69 Å². The summed E-state index contributed by atoms with van der Waals surface area (Å²) in [4.78, 5) is 24.0. The van der Waals surface area contributed by atoms with Gasteiger partial charge in [0.05, 0.1) is 0 Å². The minimum Gasteiger partial charge on any atom is -0.480 e.